The molecular formula is C12H17NO3. The van der Waals surface area contributed by atoms with Crippen LogP contribution < -0.4 is 14.8 Å². The minimum Gasteiger partial charge on any atom is -0.497 e. The van der Waals surface area contributed by atoms with Crippen molar-refractivity contribution in [1.82, 2.24) is 5.32 Å². The number of methoxy groups -OCH3 is 2. The summed E-state index contributed by atoms with van der Waals surface area (Å²) in [4.78, 5) is 0. The van der Waals surface area contributed by atoms with Gasteiger partial charge in [-0.2, -0.15) is 0 Å². The molecule has 1 aliphatic heterocycles. The van der Waals surface area contributed by atoms with Crippen molar-refractivity contribution in [2.75, 3.05) is 20.8 Å². The minimum absolute atomic E-state index is 0.0872. The summed E-state index contributed by atoms with van der Waals surface area (Å²) in [6.45, 7) is 2.82. The molecule has 1 aromatic carbocycles. The van der Waals surface area contributed by atoms with Gasteiger partial charge in [0.15, 0.2) is 0 Å². The lowest BCUT2D eigenvalue weighted by Gasteiger charge is -2.15. The summed E-state index contributed by atoms with van der Waals surface area (Å²) in [6.07, 6.45) is -0.0872. The third-order valence-corrected chi connectivity index (χ3v) is 2.67. The van der Waals surface area contributed by atoms with Gasteiger partial charge >= 0.3 is 0 Å². The smallest absolute Gasteiger partial charge is 0.138 e. The molecule has 1 fully saturated rings. The van der Waals surface area contributed by atoms with Crippen LogP contribution in [0.4, 0.5) is 0 Å². The van der Waals surface area contributed by atoms with Crippen LogP contribution in [0.5, 0.6) is 11.5 Å². The molecule has 4 heteroatoms. The highest BCUT2D eigenvalue weighted by Crippen LogP contribution is 2.32. The maximum Gasteiger partial charge on any atom is 0.138 e. The Balaban J connectivity index is 2.26. The summed E-state index contributed by atoms with van der Waals surface area (Å²) in [7, 11) is 3.29. The second-order valence-corrected chi connectivity index (χ2v) is 3.89. The van der Waals surface area contributed by atoms with Crippen molar-refractivity contribution in [1.29, 1.82) is 0 Å². The van der Waals surface area contributed by atoms with E-state index in [-0.39, 0.29) is 6.23 Å². The van der Waals surface area contributed by atoms with E-state index in [1.165, 1.54) is 0 Å². The summed E-state index contributed by atoms with van der Waals surface area (Å²) < 4.78 is 16.1. The van der Waals surface area contributed by atoms with Crippen molar-refractivity contribution >= 4 is 0 Å². The molecule has 0 bridgehead atoms. The fourth-order valence-corrected chi connectivity index (χ4v) is 1.81. The van der Waals surface area contributed by atoms with Gasteiger partial charge < -0.3 is 14.2 Å². The highest BCUT2D eigenvalue weighted by Gasteiger charge is 2.25. The standard InChI is InChI=1S/C12H17NO3/c1-8-7-16-12(13-8)10-5-4-9(14-2)6-11(10)15-3/h4-6,8,12-13H,7H2,1-3H3. The van der Waals surface area contributed by atoms with Crippen molar-refractivity contribution in [3.05, 3.63) is 23.8 Å². The molecule has 1 aliphatic rings. The normalized spacial score (nSPS) is 24.4. The first-order valence-corrected chi connectivity index (χ1v) is 5.34. The highest BCUT2D eigenvalue weighted by molar-refractivity contribution is 5.42. The molecule has 2 rings (SSSR count). The molecule has 16 heavy (non-hydrogen) atoms. The van der Waals surface area contributed by atoms with Crippen molar-refractivity contribution in [3.8, 4) is 11.5 Å². The second-order valence-electron chi connectivity index (χ2n) is 3.89. The first-order chi connectivity index (χ1) is 7.74. The van der Waals surface area contributed by atoms with Gasteiger partial charge in [-0.15, -0.1) is 0 Å². The van der Waals surface area contributed by atoms with E-state index >= 15 is 0 Å². The Morgan fingerprint density at radius 1 is 1.31 bits per heavy atom. The fraction of sp³-hybridized carbons (Fsp3) is 0.500. The highest BCUT2D eigenvalue weighted by atomic mass is 16.5. The van der Waals surface area contributed by atoms with E-state index in [0.29, 0.717) is 6.04 Å². The van der Waals surface area contributed by atoms with Gasteiger partial charge in [-0.3, -0.25) is 5.32 Å². The quantitative estimate of drug-likeness (QED) is 0.846. The Morgan fingerprint density at radius 2 is 2.12 bits per heavy atom. The number of benzene rings is 1. The van der Waals surface area contributed by atoms with Gasteiger partial charge in [-0.05, 0) is 19.1 Å². The average Bonchev–Trinajstić information content (AvgIpc) is 2.74. The van der Waals surface area contributed by atoms with E-state index in [4.69, 9.17) is 14.2 Å². The molecule has 4 nitrogen and oxygen atoms in total. The summed E-state index contributed by atoms with van der Waals surface area (Å²) in [5.74, 6) is 1.57. The number of ether oxygens (including phenoxy) is 3. The molecule has 1 saturated heterocycles. The summed E-state index contributed by atoms with van der Waals surface area (Å²) in [6, 6.07) is 6.11. The molecule has 88 valence electrons. The molecule has 1 N–H and O–H groups in total. The van der Waals surface area contributed by atoms with Crippen molar-refractivity contribution in [2.45, 2.75) is 19.2 Å². The van der Waals surface area contributed by atoms with Crippen molar-refractivity contribution in [3.63, 3.8) is 0 Å². The number of rotatable bonds is 3. The predicted octanol–water partition coefficient (Wildman–Crippen LogP) is 1.71. The minimum atomic E-state index is -0.0872. The lowest BCUT2D eigenvalue weighted by Crippen LogP contribution is -2.22. The van der Waals surface area contributed by atoms with Crippen LogP contribution in [-0.2, 0) is 4.74 Å². The molecule has 0 saturated carbocycles. The zero-order valence-corrected chi connectivity index (χ0v) is 9.82. The summed E-state index contributed by atoms with van der Waals surface area (Å²) in [5.41, 5.74) is 1.01. The van der Waals surface area contributed by atoms with Crippen molar-refractivity contribution < 1.29 is 14.2 Å². The van der Waals surface area contributed by atoms with Crippen LogP contribution in [0.3, 0.4) is 0 Å². The molecule has 0 aromatic heterocycles. The van der Waals surface area contributed by atoms with Crippen LogP contribution in [0, 0.1) is 0 Å². The molecule has 0 aliphatic carbocycles. The van der Waals surface area contributed by atoms with Crippen LogP contribution in [-0.4, -0.2) is 26.9 Å². The molecular weight excluding hydrogens is 206 g/mol. The molecule has 0 radical (unpaired) electrons. The van der Waals surface area contributed by atoms with E-state index < -0.39 is 0 Å². The van der Waals surface area contributed by atoms with Gasteiger partial charge in [0.05, 0.1) is 20.8 Å². The van der Waals surface area contributed by atoms with E-state index in [1.54, 1.807) is 14.2 Å². The number of hydrogen-bond acceptors (Lipinski definition) is 4. The van der Waals surface area contributed by atoms with Crippen LogP contribution in [0.1, 0.15) is 18.7 Å². The van der Waals surface area contributed by atoms with Crippen LogP contribution in [0.25, 0.3) is 0 Å². The van der Waals surface area contributed by atoms with Gasteiger partial charge in [0, 0.05) is 17.7 Å². The van der Waals surface area contributed by atoms with Gasteiger partial charge in [0.1, 0.15) is 17.7 Å². The molecule has 0 spiro atoms. The van der Waals surface area contributed by atoms with Crippen LogP contribution in [0.2, 0.25) is 0 Å². The zero-order valence-electron chi connectivity index (χ0n) is 9.82. The molecule has 1 aromatic rings. The monoisotopic (exact) mass is 223 g/mol. The Labute approximate surface area is 95.5 Å². The lowest BCUT2D eigenvalue weighted by molar-refractivity contribution is 0.0986. The van der Waals surface area contributed by atoms with Gasteiger partial charge in [0.25, 0.3) is 0 Å². The summed E-state index contributed by atoms with van der Waals surface area (Å²) in [5, 5.41) is 3.34. The van der Waals surface area contributed by atoms with Crippen LogP contribution >= 0.6 is 0 Å². The molecule has 1 heterocycles. The Morgan fingerprint density at radius 3 is 2.69 bits per heavy atom. The SMILES string of the molecule is COc1ccc(C2NC(C)CO2)c(OC)c1. The third kappa shape index (κ3) is 2.13. The number of hydrogen-bond donors (Lipinski definition) is 1. The van der Waals surface area contributed by atoms with Gasteiger partial charge in [0.2, 0.25) is 0 Å². The first kappa shape index (κ1) is 11.2. The van der Waals surface area contributed by atoms with E-state index in [2.05, 4.69) is 12.2 Å². The van der Waals surface area contributed by atoms with E-state index in [0.717, 1.165) is 23.7 Å². The average molecular weight is 223 g/mol. The maximum absolute atomic E-state index is 5.64. The maximum atomic E-state index is 5.64. The second kappa shape index (κ2) is 4.72. The van der Waals surface area contributed by atoms with E-state index in [9.17, 15) is 0 Å². The topological polar surface area (TPSA) is 39.7 Å². The largest absolute Gasteiger partial charge is 0.497 e. The number of nitrogens with one attached hydrogen (secondary N) is 1. The Kier molecular flexibility index (Phi) is 3.31. The van der Waals surface area contributed by atoms with Crippen molar-refractivity contribution in [2.24, 2.45) is 0 Å². The molecule has 0 amide bonds. The predicted molar refractivity (Wildman–Crippen MR) is 60.8 cm³/mol. The van der Waals surface area contributed by atoms with Gasteiger partial charge in [-0.1, -0.05) is 0 Å². The Bertz CT molecular complexity index is 367. The zero-order chi connectivity index (χ0) is 11.5. The van der Waals surface area contributed by atoms with Gasteiger partial charge in [-0.25, -0.2) is 0 Å². The Hall–Kier alpha value is -1.26. The van der Waals surface area contributed by atoms with Crippen LogP contribution in [0.15, 0.2) is 18.2 Å². The third-order valence-electron chi connectivity index (χ3n) is 2.67. The fourth-order valence-electron chi connectivity index (χ4n) is 1.81. The summed E-state index contributed by atoms with van der Waals surface area (Å²) >= 11 is 0. The van der Waals surface area contributed by atoms with E-state index in [1.807, 2.05) is 18.2 Å². The lowest BCUT2D eigenvalue weighted by atomic mass is 10.1. The molecule has 2 unspecified atom stereocenters. The molecule has 2 atom stereocenters. The first-order valence-electron chi connectivity index (χ1n) is 5.34.